The number of methoxy groups -OCH3 is 1. The molecule has 1 aliphatic heterocycles. The number of nitrogens with one attached hydrogen (secondary N) is 2. The van der Waals surface area contributed by atoms with Crippen LogP contribution in [0.4, 0.5) is 11.4 Å². The number of nitro groups is 1. The fourth-order valence-corrected chi connectivity index (χ4v) is 3.52. The van der Waals surface area contributed by atoms with Crippen molar-refractivity contribution in [3.8, 4) is 5.75 Å². The molecule has 2 aromatic rings. The van der Waals surface area contributed by atoms with E-state index in [1.165, 1.54) is 12.1 Å². The van der Waals surface area contributed by atoms with E-state index in [1.807, 2.05) is 24.3 Å². The van der Waals surface area contributed by atoms with Crippen LogP contribution in [0.15, 0.2) is 42.5 Å². The molecule has 32 heavy (non-hydrogen) atoms. The van der Waals surface area contributed by atoms with Crippen LogP contribution in [0.25, 0.3) is 0 Å². The highest BCUT2D eigenvalue weighted by molar-refractivity contribution is 6.39. The SMILES string of the molecule is COc1ccc(C(CNC(=O)C(=O)Nc2ccc(C)cc2[N+](=O)[O-])N2CCOCC2)cc1. The largest absolute Gasteiger partial charge is 0.497 e. The summed E-state index contributed by atoms with van der Waals surface area (Å²) in [5, 5.41) is 16.2. The van der Waals surface area contributed by atoms with E-state index in [9.17, 15) is 19.7 Å². The van der Waals surface area contributed by atoms with Crippen molar-refractivity contribution in [2.75, 3.05) is 45.3 Å². The van der Waals surface area contributed by atoms with Crippen molar-refractivity contribution < 1.29 is 24.0 Å². The van der Waals surface area contributed by atoms with Gasteiger partial charge in [0, 0.05) is 25.7 Å². The number of rotatable bonds is 7. The van der Waals surface area contributed by atoms with E-state index in [4.69, 9.17) is 9.47 Å². The van der Waals surface area contributed by atoms with Gasteiger partial charge in [0.1, 0.15) is 11.4 Å². The second-order valence-corrected chi connectivity index (χ2v) is 7.38. The number of benzene rings is 2. The van der Waals surface area contributed by atoms with Crippen LogP contribution in [-0.4, -0.2) is 61.6 Å². The zero-order valence-electron chi connectivity index (χ0n) is 18.0. The van der Waals surface area contributed by atoms with E-state index in [1.54, 1.807) is 20.1 Å². The minimum atomic E-state index is -0.965. The monoisotopic (exact) mass is 442 g/mol. The first-order chi connectivity index (χ1) is 15.4. The number of anilines is 1. The summed E-state index contributed by atoms with van der Waals surface area (Å²) in [4.78, 5) is 37.7. The summed E-state index contributed by atoms with van der Waals surface area (Å²) in [6.45, 7) is 4.43. The second-order valence-electron chi connectivity index (χ2n) is 7.38. The average molecular weight is 442 g/mol. The van der Waals surface area contributed by atoms with Gasteiger partial charge in [-0.25, -0.2) is 0 Å². The maximum atomic E-state index is 12.5. The van der Waals surface area contributed by atoms with Crippen LogP contribution in [-0.2, 0) is 14.3 Å². The van der Waals surface area contributed by atoms with Gasteiger partial charge in [0.2, 0.25) is 0 Å². The molecule has 0 aromatic heterocycles. The number of amides is 2. The van der Waals surface area contributed by atoms with Crippen molar-refractivity contribution >= 4 is 23.2 Å². The lowest BCUT2D eigenvalue weighted by Gasteiger charge is -2.34. The summed E-state index contributed by atoms with van der Waals surface area (Å²) in [6.07, 6.45) is 0. The number of hydrogen-bond donors (Lipinski definition) is 2. The molecule has 1 fully saturated rings. The van der Waals surface area contributed by atoms with Crippen LogP contribution < -0.4 is 15.4 Å². The number of nitrogens with zero attached hydrogens (tertiary/aromatic N) is 2. The van der Waals surface area contributed by atoms with Crippen molar-refractivity contribution in [3.63, 3.8) is 0 Å². The van der Waals surface area contributed by atoms with Crippen LogP contribution in [0.1, 0.15) is 17.2 Å². The van der Waals surface area contributed by atoms with Gasteiger partial charge in [-0.2, -0.15) is 0 Å². The lowest BCUT2D eigenvalue weighted by Crippen LogP contribution is -2.45. The Labute approximate surface area is 185 Å². The lowest BCUT2D eigenvalue weighted by atomic mass is 10.0. The number of morpholine rings is 1. The molecule has 1 atom stereocenters. The van der Waals surface area contributed by atoms with Gasteiger partial charge in [0.15, 0.2) is 0 Å². The lowest BCUT2D eigenvalue weighted by molar-refractivity contribution is -0.384. The Bertz CT molecular complexity index is 973. The number of ether oxygens (including phenoxy) is 2. The van der Waals surface area contributed by atoms with Gasteiger partial charge in [-0.15, -0.1) is 0 Å². The first kappa shape index (κ1) is 23.2. The van der Waals surface area contributed by atoms with Crippen LogP contribution in [0.5, 0.6) is 5.75 Å². The fourth-order valence-electron chi connectivity index (χ4n) is 3.52. The fraction of sp³-hybridized carbons (Fsp3) is 0.364. The van der Waals surface area contributed by atoms with Gasteiger partial charge < -0.3 is 20.1 Å². The zero-order chi connectivity index (χ0) is 23.1. The Balaban J connectivity index is 1.69. The molecule has 170 valence electrons. The van der Waals surface area contributed by atoms with Gasteiger partial charge in [-0.05, 0) is 36.2 Å². The Hall–Kier alpha value is -3.50. The minimum absolute atomic E-state index is 0.0272. The zero-order valence-corrected chi connectivity index (χ0v) is 18.0. The molecular weight excluding hydrogens is 416 g/mol. The van der Waals surface area contributed by atoms with Crippen LogP contribution in [0.2, 0.25) is 0 Å². The number of carbonyl (C=O) groups excluding carboxylic acids is 2. The van der Waals surface area contributed by atoms with Gasteiger partial charge in [-0.1, -0.05) is 18.2 Å². The summed E-state index contributed by atoms with van der Waals surface area (Å²) in [6, 6.07) is 11.7. The van der Waals surface area contributed by atoms with Gasteiger partial charge in [-0.3, -0.25) is 24.6 Å². The molecule has 3 rings (SSSR count). The summed E-state index contributed by atoms with van der Waals surface area (Å²) in [5.41, 5.74) is 1.34. The molecular formula is C22H26N4O6. The van der Waals surface area contributed by atoms with Crippen molar-refractivity contribution in [3.05, 3.63) is 63.7 Å². The normalized spacial score (nSPS) is 14.9. The first-order valence-electron chi connectivity index (χ1n) is 10.2. The van der Waals surface area contributed by atoms with Crippen molar-refractivity contribution in [2.24, 2.45) is 0 Å². The third-order valence-electron chi connectivity index (χ3n) is 5.25. The first-order valence-corrected chi connectivity index (χ1v) is 10.2. The number of carbonyl (C=O) groups is 2. The second kappa shape index (κ2) is 10.7. The minimum Gasteiger partial charge on any atom is -0.497 e. The summed E-state index contributed by atoms with van der Waals surface area (Å²) in [7, 11) is 1.59. The quantitative estimate of drug-likeness (QED) is 0.382. The van der Waals surface area contributed by atoms with Gasteiger partial charge in [0.25, 0.3) is 5.69 Å². The summed E-state index contributed by atoms with van der Waals surface area (Å²) >= 11 is 0. The highest BCUT2D eigenvalue weighted by Gasteiger charge is 2.25. The molecule has 1 saturated heterocycles. The molecule has 1 aliphatic rings. The van der Waals surface area contributed by atoms with Crippen molar-refractivity contribution in [2.45, 2.75) is 13.0 Å². The third kappa shape index (κ3) is 5.80. The van der Waals surface area contributed by atoms with Crippen molar-refractivity contribution in [1.29, 1.82) is 0 Å². The Kier molecular flexibility index (Phi) is 7.74. The van der Waals surface area contributed by atoms with E-state index < -0.39 is 16.7 Å². The molecule has 1 heterocycles. The van der Waals surface area contributed by atoms with Crippen molar-refractivity contribution in [1.82, 2.24) is 10.2 Å². The Morgan fingerprint density at radius 3 is 2.47 bits per heavy atom. The highest BCUT2D eigenvalue weighted by atomic mass is 16.6. The predicted octanol–water partition coefficient (Wildman–Crippen LogP) is 2.04. The number of nitro benzene ring substituents is 1. The Morgan fingerprint density at radius 1 is 1.16 bits per heavy atom. The molecule has 10 heteroatoms. The smallest absolute Gasteiger partial charge is 0.313 e. The topological polar surface area (TPSA) is 123 Å². The molecule has 0 aliphatic carbocycles. The average Bonchev–Trinajstić information content (AvgIpc) is 2.81. The van der Waals surface area contributed by atoms with Gasteiger partial charge in [0.05, 0.1) is 31.3 Å². The molecule has 2 N–H and O–H groups in total. The van der Waals surface area contributed by atoms with Crippen LogP contribution in [0.3, 0.4) is 0 Å². The van der Waals surface area contributed by atoms with E-state index in [0.717, 1.165) is 11.3 Å². The molecule has 10 nitrogen and oxygen atoms in total. The highest BCUT2D eigenvalue weighted by Crippen LogP contribution is 2.26. The third-order valence-corrected chi connectivity index (χ3v) is 5.25. The van der Waals surface area contributed by atoms with Crippen LogP contribution >= 0.6 is 0 Å². The Morgan fingerprint density at radius 2 is 1.84 bits per heavy atom. The van der Waals surface area contributed by atoms with Gasteiger partial charge >= 0.3 is 11.8 Å². The molecule has 0 saturated carbocycles. The predicted molar refractivity (Wildman–Crippen MR) is 118 cm³/mol. The number of hydrogen-bond acceptors (Lipinski definition) is 7. The summed E-state index contributed by atoms with van der Waals surface area (Å²) < 4.78 is 10.6. The molecule has 0 radical (unpaired) electrons. The van der Waals surface area contributed by atoms with E-state index in [-0.39, 0.29) is 24.0 Å². The number of aryl methyl sites for hydroxylation is 1. The van der Waals surface area contributed by atoms with Crippen LogP contribution in [0, 0.1) is 17.0 Å². The molecule has 0 spiro atoms. The summed E-state index contributed by atoms with van der Waals surface area (Å²) in [5.74, 6) is -1.11. The van der Waals surface area contributed by atoms with E-state index in [0.29, 0.717) is 31.9 Å². The van der Waals surface area contributed by atoms with E-state index >= 15 is 0 Å². The molecule has 2 amide bonds. The molecule has 2 aromatic carbocycles. The maximum Gasteiger partial charge on any atom is 0.313 e. The van der Waals surface area contributed by atoms with E-state index in [2.05, 4.69) is 15.5 Å². The maximum absolute atomic E-state index is 12.5. The standard InChI is InChI=1S/C22H26N4O6/c1-15-3-8-18(19(13-15)26(29)30)24-22(28)21(27)23-14-20(25-9-11-32-12-10-25)16-4-6-17(31-2)7-5-16/h3-8,13,20H,9-12,14H2,1-2H3,(H,23,27)(H,24,28). The molecule has 1 unspecified atom stereocenters. The molecule has 0 bridgehead atoms.